The van der Waals surface area contributed by atoms with E-state index < -0.39 is 11.6 Å². The Balaban J connectivity index is 2.27. The lowest BCUT2D eigenvalue weighted by molar-refractivity contribution is 0.586. The molecule has 0 atom stereocenters. The highest BCUT2D eigenvalue weighted by molar-refractivity contribution is 5.59. The smallest absolute Gasteiger partial charge is 0.149 e. The number of anilines is 2. The van der Waals surface area contributed by atoms with Crippen molar-refractivity contribution in [3.05, 3.63) is 53.1 Å². The van der Waals surface area contributed by atoms with E-state index in [0.717, 1.165) is 12.1 Å². The first-order valence-corrected chi connectivity index (χ1v) is 4.70. The van der Waals surface area contributed by atoms with Gasteiger partial charge in [0.2, 0.25) is 0 Å². The molecule has 0 amide bonds. The normalized spacial score (nSPS) is 10.0. The second-order valence-corrected chi connectivity index (χ2v) is 3.24. The number of nitroso groups, excluding NO2 is 1. The molecule has 0 unspecified atom stereocenters. The maximum Gasteiger partial charge on any atom is 0.149 e. The topological polar surface area (TPSA) is 54.4 Å². The lowest BCUT2D eigenvalue weighted by Gasteiger charge is -2.06. The van der Waals surface area contributed by atoms with E-state index in [1.165, 1.54) is 24.4 Å². The van der Waals surface area contributed by atoms with Crippen LogP contribution in [0.2, 0.25) is 0 Å². The standard InChI is InChI=1S/C11H7F2N3O/c12-7-1-2-10(9(13)5-7)15-11-6-8(16-17)3-4-14-11/h1-6H,(H,14,15). The van der Waals surface area contributed by atoms with E-state index in [2.05, 4.69) is 15.5 Å². The molecular formula is C11H7F2N3O. The van der Waals surface area contributed by atoms with Gasteiger partial charge in [0.05, 0.1) is 5.69 Å². The maximum atomic E-state index is 13.3. The minimum Gasteiger partial charge on any atom is -0.338 e. The maximum absolute atomic E-state index is 13.3. The quantitative estimate of drug-likeness (QED) is 0.828. The van der Waals surface area contributed by atoms with E-state index >= 15 is 0 Å². The summed E-state index contributed by atoms with van der Waals surface area (Å²) < 4.78 is 26.0. The zero-order chi connectivity index (χ0) is 12.3. The van der Waals surface area contributed by atoms with Crippen molar-refractivity contribution in [2.75, 3.05) is 5.32 Å². The van der Waals surface area contributed by atoms with E-state index in [0.29, 0.717) is 0 Å². The Hall–Kier alpha value is -2.37. The second kappa shape index (κ2) is 4.65. The van der Waals surface area contributed by atoms with Gasteiger partial charge in [0.1, 0.15) is 23.1 Å². The molecule has 86 valence electrons. The van der Waals surface area contributed by atoms with Crippen LogP contribution in [0.15, 0.2) is 41.7 Å². The van der Waals surface area contributed by atoms with Crippen LogP contribution in [0.4, 0.5) is 26.0 Å². The highest BCUT2D eigenvalue weighted by atomic mass is 19.1. The Morgan fingerprint density at radius 3 is 2.71 bits per heavy atom. The van der Waals surface area contributed by atoms with Gasteiger partial charge in [0.25, 0.3) is 0 Å². The lowest BCUT2D eigenvalue weighted by Crippen LogP contribution is -1.96. The van der Waals surface area contributed by atoms with Gasteiger partial charge >= 0.3 is 0 Å². The van der Waals surface area contributed by atoms with Gasteiger partial charge in [0.15, 0.2) is 0 Å². The van der Waals surface area contributed by atoms with Gasteiger partial charge in [-0.25, -0.2) is 13.8 Å². The number of aromatic nitrogens is 1. The first-order valence-electron chi connectivity index (χ1n) is 4.70. The Labute approximate surface area is 95.3 Å². The molecule has 0 saturated carbocycles. The predicted octanol–water partition coefficient (Wildman–Crippen LogP) is 3.50. The van der Waals surface area contributed by atoms with Crippen molar-refractivity contribution in [3.8, 4) is 0 Å². The molecule has 0 spiro atoms. The Morgan fingerprint density at radius 1 is 1.18 bits per heavy atom. The van der Waals surface area contributed by atoms with Gasteiger partial charge in [-0.05, 0) is 23.4 Å². The minimum absolute atomic E-state index is 0.0712. The van der Waals surface area contributed by atoms with Crippen LogP contribution in [0.3, 0.4) is 0 Å². The molecule has 6 heteroatoms. The van der Waals surface area contributed by atoms with Gasteiger partial charge in [-0.2, -0.15) is 0 Å². The number of benzene rings is 1. The van der Waals surface area contributed by atoms with Crippen molar-refractivity contribution in [1.29, 1.82) is 0 Å². The Kier molecular flexibility index (Phi) is 3.04. The number of hydrogen-bond donors (Lipinski definition) is 1. The molecular weight excluding hydrogens is 228 g/mol. The summed E-state index contributed by atoms with van der Waals surface area (Å²) in [5.41, 5.74) is 0.243. The SMILES string of the molecule is O=Nc1ccnc(Nc2ccc(F)cc2F)c1. The highest BCUT2D eigenvalue weighted by Gasteiger charge is 2.05. The molecule has 1 heterocycles. The molecule has 1 aromatic heterocycles. The van der Waals surface area contributed by atoms with Crippen molar-refractivity contribution in [3.63, 3.8) is 0 Å². The first-order chi connectivity index (χ1) is 8.19. The number of hydrogen-bond acceptors (Lipinski definition) is 4. The van der Waals surface area contributed by atoms with E-state index in [-0.39, 0.29) is 17.2 Å². The average molecular weight is 235 g/mol. The van der Waals surface area contributed by atoms with E-state index in [9.17, 15) is 13.7 Å². The molecule has 17 heavy (non-hydrogen) atoms. The van der Waals surface area contributed by atoms with Crippen LogP contribution in [0, 0.1) is 16.5 Å². The Bertz CT molecular complexity index is 560. The molecule has 2 aromatic rings. The molecule has 2 rings (SSSR count). The summed E-state index contributed by atoms with van der Waals surface area (Å²) in [6, 6.07) is 5.89. The summed E-state index contributed by atoms with van der Waals surface area (Å²) >= 11 is 0. The minimum atomic E-state index is -0.740. The van der Waals surface area contributed by atoms with Crippen molar-refractivity contribution >= 4 is 17.2 Å². The van der Waals surface area contributed by atoms with Crippen LogP contribution in [0.25, 0.3) is 0 Å². The predicted molar refractivity (Wildman–Crippen MR) is 59.3 cm³/mol. The fourth-order valence-corrected chi connectivity index (χ4v) is 1.27. The van der Waals surface area contributed by atoms with Crippen LogP contribution >= 0.6 is 0 Å². The molecule has 0 aliphatic carbocycles. The van der Waals surface area contributed by atoms with Crippen LogP contribution in [-0.4, -0.2) is 4.98 Å². The molecule has 0 bridgehead atoms. The third kappa shape index (κ3) is 2.60. The monoisotopic (exact) mass is 235 g/mol. The van der Waals surface area contributed by atoms with Crippen molar-refractivity contribution in [2.24, 2.45) is 5.18 Å². The van der Waals surface area contributed by atoms with Crippen molar-refractivity contribution in [2.45, 2.75) is 0 Å². The summed E-state index contributed by atoms with van der Waals surface area (Å²) in [6.07, 6.45) is 1.36. The number of halogens is 2. The van der Waals surface area contributed by atoms with Crippen molar-refractivity contribution < 1.29 is 8.78 Å². The lowest BCUT2D eigenvalue weighted by atomic mass is 10.3. The number of pyridine rings is 1. The number of nitrogens with zero attached hydrogens (tertiary/aromatic N) is 2. The number of nitrogens with one attached hydrogen (secondary N) is 1. The van der Waals surface area contributed by atoms with Crippen LogP contribution in [0.5, 0.6) is 0 Å². The second-order valence-electron chi connectivity index (χ2n) is 3.24. The van der Waals surface area contributed by atoms with Gasteiger partial charge in [-0.1, -0.05) is 0 Å². The van der Waals surface area contributed by atoms with Gasteiger partial charge in [0, 0.05) is 18.3 Å². The Morgan fingerprint density at radius 2 is 2.00 bits per heavy atom. The van der Waals surface area contributed by atoms with Crippen LogP contribution in [-0.2, 0) is 0 Å². The summed E-state index contributed by atoms with van der Waals surface area (Å²) in [5, 5.41) is 5.35. The van der Waals surface area contributed by atoms with Crippen LogP contribution < -0.4 is 5.32 Å². The van der Waals surface area contributed by atoms with Crippen molar-refractivity contribution in [1.82, 2.24) is 4.98 Å². The van der Waals surface area contributed by atoms with Gasteiger partial charge < -0.3 is 5.32 Å². The molecule has 0 fully saturated rings. The average Bonchev–Trinajstić information content (AvgIpc) is 2.33. The largest absolute Gasteiger partial charge is 0.338 e. The fraction of sp³-hybridized carbons (Fsp3) is 0. The first kappa shape index (κ1) is 11.1. The van der Waals surface area contributed by atoms with Gasteiger partial charge in [-0.3, -0.25) is 0 Å². The molecule has 0 saturated heterocycles. The molecule has 0 aliphatic heterocycles. The van der Waals surface area contributed by atoms with Crippen LogP contribution in [0.1, 0.15) is 0 Å². The zero-order valence-electron chi connectivity index (χ0n) is 8.52. The summed E-state index contributed by atoms with van der Waals surface area (Å²) in [7, 11) is 0. The van der Waals surface area contributed by atoms with Gasteiger partial charge in [-0.15, -0.1) is 4.91 Å². The summed E-state index contributed by atoms with van der Waals surface area (Å²) in [4.78, 5) is 14.2. The molecule has 1 aromatic carbocycles. The fourth-order valence-electron chi connectivity index (χ4n) is 1.27. The summed E-state index contributed by atoms with van der Waals surface area (Å²) in [6.45, 7) is 0. The molecule has 0 aliphatic rings. The summed E-state index contributed by atoms with van der Waals surface area (Å²) in [5.74, 6) is -1.15. The third-order valence-corrected chi connectivity index (χ3v) is 2.04. The van der Waals surface area contributed by atoms with E-state index in [4.69, 9.17) is 0 Å². The third-order valence-electron chi connectivity index (χ3n) is 2.04. The molecule has 0 radical (unpaired) electrons. The zero-order valence-corrected chi connectivity index (χ0v) is 8.52. The number of rotatable bonds is 3. The van der Waals surface area contributed by atoms with E-state index in [1.54, 1.807) is 0 Å². The molecule has 4 nitrogen and oxygen atoms in total. The highest BCUT2D eigenvalue weighted by Crippen LogP contribution is 2.21. The van der Waals surface area contributed by atoms with E-state index in [1.807, 2.05) is 0 Å². The molecule has 1 N–H and O–H groups in total.